The Balaban J connectivity index is 1.62. The number of ether oxygens (including phenoxy) is 2. The number of aromatic nitrogens is 1. The molecule has 152 valence electrons. The topological polar surface area (TPSA) is 84.7 Å². The Morgan fingerprint density at radius 2 is 2.13 bits per heavy atom. The third-order valence-corrected chi connectivity index (χ3v) is 5.21. The number of nitrogens with zero attached hydrogens (tertiary/aromatic N) is 1. The molecule has 1 aliphatic rings. The molecule has 0 saturated carbocycles. The zero-order valence-electron chi connectivity index (χ0n) is 17.0. The van der Waals surface area contributed by atoms with E-state index in [9.17, 15) is 5.02 Å². The Bertz CT molecular complexity index is 1060. The standard InChI is InChI=1S/C23H23BN2O4/c1-15-5-6-17-11-21(30-24(27)20(17)10-15)18-7-8-19(23(25)28-2)22(12-18)29-14-16-4-3-9-26-13-16/h3-10,12-13,21,25,27H,11,14H2,1-2H3. The van der Waals surface area contributed by atoms with Crippen LogP contribution in [0.5, 0.6) is 5.75 Å². The monoisotopic (exact) mass is 402 g/mol. The predicted molar refractivity (Wildman–Crippen MR) is 115 cm³/mol. The van der Waals surface area contributed by atoms with E-state index in [2.05, 4.69) is 4.98 Å². The molecular weight excluding hydrogens is 379 g/mol. The second-order valence-corrected chi connectivity index (χ2v) is 7.32. The Kier molecular flexibility index (Phi) is 5.83. The van der Waals surface area contributed by atoms with Crippen LogP contribution in [-0.2, 0) is 22.4 Å². The third-order valence-electron chi connectivity index (χ3n) is 5.21. The van der Waals surface area contributed by atoms with Crippen LogP contribution in [0.15, 0.2) is 60.9 Å². The van der Waals surface area contributed by atoms with Gasteiger partial charge in [0, 0.05) is 24.4 Å². The number of pyridine rings is 1. The van der Waals surface area contributed by atoms with E-state index < -0.39 is 7.12 Å². The molecule has 2 aromatic carbocycles. The summed E-state index contributed by atoms with van der Waals surface area (Å²) in [5.41, 5.74) is 5.31. The van der Waals surface area contributed by atoms with Crippen LogP contribution in [0.25, 0.3) is 0 Å². The summed E-state index contributed by atoms with van der Waals surface area (Å²) in [4.78, 5) is 4.10. The first-order valence-corrected chi connectivity index (χ1v) is 9.76. The fourth-order valence-corrected chi connectivity index (χ4v) is 3.60. The van der Waals surface area contributed by atoms with Crippen LogP contribution in [0, 0.1) is 12.3 Å². The Labute approximate surface area is 176 Å². The van der Waals surface area contributed by atoms with Gasteiger partial charge in [-0.25, -0.2) is 0 Å². The highest BCUT2D eigenvalue weighted by atomic mass is 16.5. The van der Waals surface area contributed by atoms with E-state index >= 15 is 0 Å². The normalized spacial score (nSPS) is 15.4. The number of hydrogen-bond acceptors (Lipinski definition) is 6. The van der Waals surface area contributed by atoms with Crippen LogP contribution in [0.3, 0.4) is 0 Å². The molecule has 7 heteroatoms. The van der Waals surface area contributed by atoms with Gasteiger partial charge in [0.05, 0.1) is 18.8 Å². The summed E-state index contributed by atoms with van der Waals surface area (Å²) < 4.78 is 17.0. The van der Waals surface area contributed by atoms with Crippen molar-refractivity contribution in [2.45, 2.75) is 26.1 Å². The average Bonchev–Trinajstić information content (AvgIpc) is 2.78. The molecule has 4 rings (SSSR count). The third kappa shape index (κ3) is 4.22. The van der Waals surface area contributed by atoms with Gasteiger partial charge in [-0.05, 0) is 41.7 Å². The van der Waals surface area contributed by atoms with E-state index in [1.54, 1.807) is 18.5 Å². The van der Waals surface area contributed by atoms with E-state index in [4.69, 9.17) is 19.5 Å². The number of nitrogens with one attached hydrogen (secondary N) is 1. The number of rotatable bonds is 5. The molecule has 1 atom stereocenters. The van der Waals surface area contributed by atoms with Crippen LogP contribution in [0.1, 0.15) is 33.9 Å². The largest absolute Gasteiger partial charge is 0.491 e. The zero-order chi connectivity index (χ0) is 21.1. The van der Waals surface area contributed by atoms with Crippen molar-refractivity contribution in [3.8, 4) is 5.75 Å². The lowest BCUT2D eigenvalue weighted by Crippen LogP contribution is -2.42. The summed E-state index contributed by atoms with van der Waals surface area (Å²) in [7, 11) is 0.482. The average molecular weight is 402 g/mol. The molecule has 0 fully saturated rings. The molecule has 1 aliphatic heterocycles. The van der Waals surface area contributed by atoms with Gasteiger partial charge in [-0.15, -0.1) is 0 Å². The maximum Gasteiger partial charge on any atom is 0.491 e. The van der Waals surface area contributed by atoms with Gasteiger partial charge in [0.15, 0.2) is 0 Å². The van der Waals surface area contributed by atoms with Gasteiger partial charge in [-0.3, -0.25) is 10.4 Å². The first-order chi connectivity index (χ1) is 14.5. The number of hydrogen-bond donors (Lipinski definition) is 2. The van der Waals surface area contributed by atoms with E-state index in [0.717, 1.165) is 27.7 Å². The molecule has 2 N–H and O–H groups in total. The van der Waals surface area contributed by atoms with Crippen molar-refractivity contribution in [3.63, 3.8) is 0 Å². The molecular formula is C23H23BN2O4. The van der Waals surface area contributed by atoms with Crippen molar-refractivity contribution < 1.29 is 19.2 Å². The highest BCUT2D eigenvalue weighted by Gasteiger charge is 2.32. The minimum absolute atomic E-state index is 0.0214. The number of methoxy groups -OCH3 is 1. The maximum absolute atomic E-state index is 10.5. The summed E-state index contributed by atoms with van der Waals surface area (Å²) in [6.07, 6.45) is 3.78. The van der Waals surface area contributed by atoms with E-state index in [0.29, 0.717) is 24.3 Å². The van der Waals surface area contributed by atoms with E-state index in [1.165, 1.54) is 7.11 Å². The molecule has 6 nitrogen and oxygen atoms in total. The lowest BCUT2D eigenvalue weighted by Gasteiger charge is -2.28. The van der Waals surface area contributed by atoms with Crippen molar-refractivity contribution >= 4 is 18.5 Å². The van der Waals surface area contributed by atoms with Crippen LogP contribution in [0.4, 0.5) is 0 Å². The molecule has 0 bridgehead atoms. The van der Waals surface area contributed by atoms with Gasteiger partial charge in [0.1, 0.15) is 12.4 Å². The van der Waals surface area contributed by atoms with Crippen molar-refractivity contribution in [3.05, 3.63) is 88.7 Å². The van der Waals surface area contributed by atoms with E-state index in [-0.39, 0.29) is 12.0 Å². The van der Waals surface area contributed by atoms with Crippen LogP contribution < -0.4 is 10.2 Å². The van der Waals surface area contributed by atoms with Crippen molar-refractivity contribution in [2.24, 2.45) is 0 Å². The number of fused-ring (bicyclic) bond motifs is 1. The molecule has 1 unspecified atom stereocenters. The highest BCUT2D eigenvalue weighted by Crippen LogP contribution is 2.31. The van der Waals surface area contributed by atoms with Gasteiger partial charge >= 0.3 is 7.12 Å². The number of benzene rings is 2. The van der Waals surface area contributed by atoms with Crippen LogP contribution in [-0.4, -0.2) is 30.1 Å². The first kappa shape index (κ1) is 20.1. The summed E-state index contributed by atoms with van der Waals surface area (Å²) in [5.74, 6) is 0.546. The predicted octanol–water partition coefficient (Wildman–Crippen LogP) is 2.94. The fraction of sp³-hybridized carbons (Fsp3) is 0.217. The smallest absolute Gasteiger partial charge is 0.488 e. The van der Waals surface area contributed by atoms with Crippen LogP contribution in [0.2, 0.25) is 0 Å². The van der Waals surface area contributed by atoms with Gasteiger partial charge < -0.3 is 19.2 Å². The van der Waals surface area contributed by atoms with E-state index in [1.807, 2.05) is 49.4 Å². The second-order valence-electron chi connectivity index (χ2n) is 7.32. The molecule has 1 aromatic heterocycles. The minimum Gasteiger partial charge on any atom is -0.488 e. The summed E-state index contributed by atoms with van der Waals surface area (Å²) in [6, 6.07) is 15.4. The molecule has 0 saturated heterocycles. The summed E-state index contributed by atoms with van der Waals surface area (Å²) in [5, 5.41) is 18.6. The maximum atomic E-state index is 10.5. The molecule has 30 heavy (non-hydrogen) atoms. The first-order valence-electron chi connectivity index (χ1n) is 9.76. The molecule has 0 radical (unpaired) electrons. The molecule has 3 aromatic rings. The minimum atomic E-state index is -0.977. The highest BCUT2D eigenvalue weighted by molar-refractivity contribution is 6.60. The Morgan fingerprint density at radius 1 is 1.27 bits per heavy atom. The summed E-state index contributed by atoms with van der Waals surface area (Å²) in [6.45, 7) is 2.31. The van der Waals surface area contributed by atoms with Crippen LogP contribution >= 0.6 is 0 Å². The fourth-order valence-electron chi connectivity index (χ4n) is 3.60. The van der Waals surface area contributed by atoms with Crippen molar-refractivity contribution in [2.75, 3.05) is 7.11 Å². The van der Waals surface area contributed by atoms with Gasteiger partial charge in [-0.1, -0.05) is 35.9 Å². The zero-order valence-corrected chi connectivity index (χ0v) is 17.0. The van der Waals surface area contributed by atoms with Gasteiger partial charge in [0.2, 0.25) is 5.90 Å². The van der Waals surface area contributed by atoms with Gasteiger partial charge in [0.25, 0.3) is 0 Å². The summed E-state index contributed by atoms with van der Waals surface area (Å²) >= 11 is 0. The lowest BCUT2D eigenvalue weighted by atomic mass is 9.71. The van der Waals surface area contributed by atoms with Crippen molar-refractivity contribution in [1.29, 1.82) is 5.41 Å². The molecule has 2 heterocycles. The second kappa shape index (κ2) is 8.69. The SMILES string of the molecule is COC(=N)c1ccc(C2Cc3ccc(C)cc3B(O)O2)cc1OCc1cccnc1. The quantitative estimate of drug-likeness (QED) is 0.390. The molecule has 0 spiro atoms. The lowest BCUT2D eigenvalue weighted by molar-refractivity contribution is 0.167. The molecule has 0 aliphatic carbocycles. The Morgan fingerprint density at radius 3 is 2.90 bits per heavy atom. The number of aryl methyl sites for hydroxylation is 1. The Hall–Kier alpha value is -3.16. The van der Waals surface area contributed by atoms with Gasteiger partial charge in [-0.2, -0.15) is 0 Å². The van der Waals surface area contributed by atoms with Crippen molar-refractivity contribution in [1.82, 2.24) is 4.98 Å². The molecule has 0 amide bonds.